The first-order valence-electron chi connectivity index (χ1n) is 2.94. The van der Waals surface area contributed by atoms with E-state index in [4.69, 9.17) is 0 Å². The summed E-state index contributed by atoms with van der Waals surface area (Å²) in [6, 6.07) is 1.34. The average molecular weight is 147 g/mol. The van der Waals surface area contributed by atoms with Crippen LogP contribution in [-0.4, -0.2) is 20.8 Å². The van der Waals surface area contributed by atoms with E-state index in [2.05, 4.69) is 30.6 Å². The van der Waals surface area contributed by atoms with Gasteiger partial charge < -0.3 is 5.32 Å². The molecule has 0 spiro atoms. The molecule has 0 aromatic rings. The van der Waals surface area contributed by atoms with Crippen LogP contribution in [0.4, 0.5) is 0 Å². The second-order valence-electron chi connectivity index (χ2n) is 2.25. The van der Waals surface area contributed by atoms with Gasteiger partial charge in [-0.05, 0) is 6.04 Å². The summed E-state index contributed by atoms with van der Waals surface area (Å²) in [6.07, 6.45) is 0. The van der Waals surface area contributed by atoms with Crippen molar-refractivity contribution in [3.8, 4) is 0 Å². The summed E-state index contributed by atoms with van der Waals surface area (Å²) in [5, 5.41) is 3.00. The van der Waals surface area contributed by atoms with Crippen molar-refractivity contribution in [1.82, 2.24) is 5.32 Å². The summed E-state index contributed by atoms with van der Waals surface area (Å²) in [7, 11) is -0.331. The third-order valence-corrected chi connectivity index (χ3v) is 2.56. The van der Waals surface area contributed by atoms with E-state index in [9.17, 15) is 0 Å². The predicted octanol–water partition coefficient (Wildman–Crippen LogP) is 1.02. The maximum Gasteiger partial charge on any atom is 0.0614 e. The maximum atomic E-state index is 4.58. The van der Waals surface area contributed by atoms with Crippen LogP contribution in [-0.2, 0) is 0 Å². The molecule has 48 valence electrons. The van der Waals surface area contributed by atoms with Gasteiger partial charge in [-0.25, -0.2) is 0 Å². The molecule has 0 aliphatic rings. The van der Waals surface area contributed by atoms with Gasteiger partial charge in [-0.15, -0.1) is 0 Å². The quantitative estimate of drug-likeness (QED) is 0.362. The van der Waals surface area contributed by atoms with Crippen LogP contribution in [0.25, 0.3) is 0 Å². The molecule has 1 N–H and O–H groups in total. The second kappa shape index (κ2) is 5.25. The number of rotatable bonds is 4. The van der Waals surface area contributed by atoms with Crippen molar-refractivity contribution in [1.29, 1.82) is 0 Å². The maximum absolute atomic E-state index is 4.58. The molecule has 0 rings (SSSR count). The smallest absolute Gasteiger partial charge is 0.0614 e. The normalized spacial score (nSPS) is 9.38. The SMILES string of the molecule is C[SiH](C)CCNC=S. The van der Waals surface area contributed by atoms with Gasteiger partial charge in [0.2, 0.25) is 0 Å². The molecule has 0 radical (unpaired) electrons. The standard InChI is InChI=1S/C5H13NSSi/c1-8(2)4-3-6-5-7/h5,8H,3-4H2,1-2H3,(H,6,7). The molecule has 0 saturated heterocycles. The fourth-order valence-electron chi connectivity index (χ4n) is 0.431. The summed E-state index contributed by atoms with van der Waals surface area (Å²) >= 11 is 4.58. The molecular formula is C5H13NSSi. The Balaban J connectivity index is 2.81. The third kappa shape index (κ3) is 6.11. The van der Waals surface area contributed by atoms with Crippen molar-refractivity contribution < 1.29 is 0 Å². The number of hydrogen-bond donors (Lipinski definition) is 1. The van der Waals surface area contributed by atoms with Crippen LogP contribution in [0.2, 0.25) is 19.1 Å². The molecule has 0 aliphatic heterocycles. The molecule has 3 heteroatoms. The van der Waals surface area contributed by atoms with Gasteiger partial charge in [0.1, 0.15) is 0 Å². The lowest BCUT2D eigenvalue weighted by Gasteiger charge is -1.99. The number of nitrogens with one attached hydrogen (secondary N) is 1. The number of thiocarbonyl (C=S) groups is 1. The lowest BCUT2D eigenvalue weighted by atomic mass is 10.8. The molecule has 0 bridgehead atoms. The van der Waals surface area contributed by atoms with E-state index in [0.29, 0.717) is 0 Å². The summed E-state index contributed by atoms with van der Waals surface area (Å²) in [6.45, 7) is 5.75. The molecule has 0 aromatic carbocycles. The van der Waals surface area contributed by atoms with E-state index in [0.717, 1.165) is 6.54 Å². The van der Waals surface area contributed by atoms with E-state index < -0.39 is 0 Å². The van der Waals surface area contributed by atoms with Crippen LogP contribution in [0.15, 0.2) is 0 Å². The molecule has 0 saturated carbocycles. The first-order valence-corrected chi connectivity index (χ1v) is 6.54. The van der Waals surface area contributed by atoms with Crippen molar-refractivity contribution in [2.75, 3.05) is 6.54 Å². The zero-order valence-electron chi connectivity index (χ0n) is 5.48. The lowest BCUT2D eigenvalue weighted by Crippen LogP contribution is -2.15. The Hall–Kier alpha value is 0.107. The number of hydrogen-bond acceptors (Lipinski definition) is 1. The Morgan fingerprint density at radius 2 is 2.25 bits per heavy atom. The van der Waals surface area contributed by atoms with Crippen LogP contribution in [0, 0.1) is 0 Å². The topological polar surface area (TPSA) is 12.0 Å². The minimum atomic E-state index is -0.331. The monoisotopic (exact) mass is 147 g/mol. The molecule has 8 heavy (non-hydrogen) atoms. The molecule has 0 atom stereocenters. The lowest BCUT2D eigenvalue weighted by molar-refractivity contribution is 0.985. The summed E-state index contributed by atoms with van der Waals surface area (Å²) in [5.74, 6) is 0. The fourth-order valence-corrected chi connectivity index (χ4v) is 1.29. The Bertz CT molecular complexity index is 65.4. The van der Waals surface area contributed by atoms with Crippen molar-refractivity contribution in [3.63, 3.8) is 0 Å². The van der Waals surface area contributed by atoms with Gasteiger partial charge in [0.25, 0.3) is 0 Å². The van der Waals surface area contributed by atoms with Crippen molar-refractivity contribution >= 4 is 26.5 Å². The van der Waals surface area contributed by atoms with Crippen LogP contribution < -0.4 is 5.32 Å². The van der Waals surface area contributed by atoms with Crippen molar-refractivity contribution in [2.24, 2.45) is 0 Å². The Labute approximate surface area is 58.1 Å². The van der Waals surface area contributed by atoms with E-state index in [-0.39, 0.29) is 8.80 Å². The van der Waals surface area contributed by atoms with Gasteiger partial charge in [-0.3, -0.25) is 0 Å². The first kappa shape index (κ1) is 8.11. The second-order valence-corrected chi connectivity index (χ2v) is 5.86. The van der Waals surface area contributed by atoms with Crippen molar-refractivity contribution in [2.45, 2.75) is 19.1 Å². The first-order chi connectivity index (χ1) is 3.77. The zero-order valence-corrected chi connectivity index (χ0v) is 7.45. The molecular weight excluding hydrogens is 134 g/mol. The Morgan fingerprint density at radius 1 is 1.62 bits per heavy atom. The van der Waals surface area contributed by atoms with E-state index in [1.165, 1.54) is 6.04 Å². The Kier molecular flexibility index (Phi) is 5.32. The van der Waals surface area contributed by atoms with Crippen LogP contribution in [0.1, 0.15) is 0 Å². The van der Waals surface area contributed by atoms with Crippen molar-refractivity contribution in [3.05, 3.63) is 0 Å². The van der Waals surface area contributed by atoms with Crippen LogP contribution in [0.3, 0.4) is 0 Å². The van der Waals surface area contributed by atoms with Gasteiger partial charge in [0.15, 0.2) is 0 Å². The summed E-state index contributed by atoms with van der Waals surface area (Å²) in [5.41, 5.74) is 1.59. The van der Waals surface area contributed by atoms with E-state index in [1.54, 1.807) is 5.49 Å². The Morgan fingerprint density at radius 3 is 2.62 bits per heavy atom. The van der Waals surface area contributed by atoms with Crippen LogP contribution >= 0.6 is 12.2 Å². The molecule has 0 unspecified atom stereocenters. The summed E-state index contributed by atoms with van der Waals surface area (Å²) in [4.78, 5) is 0. The highest BCUT2D eigenvalue weighted by Crippen LogP contribution is 1.85. The van der Waals surface area contributed by atoms with Crippen LogP contribution in [0.5, 0.6) is 0 Å². The highest BCUT2D eigenvalue weighted by Gasteiger charge is 1.91. The van der Waals surface area contributed by atoms with E-state index in [1.807, 2.05) is 0 Å². The minimum Gasteiger partial charge on any atom is -0.383 e. The predicted molar refractivity (Wildman–Crippen MR) is 45.3 cm³/mol. The molecule has 0 heterocycles. The van der Waals surface area contributed by atoms with Gasteiger partial charge >= 0.3 is 0 Å². The highest BCUT2D eigenvalue weighted by molar-refractivity contribution is 7.78. The van der Waals surface area contributed by atoms with Gasteiger partial charge in [0.05, 0.1) is 5.49 Å². The highest BCUT2D eigenvalue weighted by atomic mass is 32.1. The fraction of sp³-hybridized carbons (Fsp3) is 0.800. The van der Waals surface area contributed by atoms with Gasteiger partial charge in [-0.1, -0.05) is 25.3 Å². The summed E-state index contributed by atoms with van der Waals surface area (Å²) < 4.78 is 0. The zero-order chi connectivity index (χ0) is 6.41. The minimum absolute atomic E-state index is 0.331. The molecule has 0 aliphatic carbocycles. The van der Waals surface area contributed by atoms with Gasteiger partial charge in [-0.2, -0.15) is 0 Å². The largest absolute Gasteiger partial charge is 0.383 e. The van der Waals surface area contributed by atoms with Gasteiger partial charge in [0, 0.05) is 15.3 Å². The van der Waals surface area contributed by atoms with E-state index >= 15 is 0 Å². The molecule has 1 nitrogen and oxygen atoms in total. The third-order valence-electron chi connectivity index (χ3n) is 0.949. The average Bonchev–Trinajstić information content (AvgIpc) is 1.66. The molecule has 0 amide bonds. The molecule has 0 fully saturated rings. The molecule has 0 aromatic heterocycles.